The first-order valence-electron chi connectivity index (χ1n) is 11.4. The molecule has 0 aliphatic carbocycles. The van der Waals surface area contributed by atoms with Crippen LogP contribution in [0.15, 0.2) is 48.9 Å². The Hall–Kier alpha value is -4.03. The van der Waals surface area contributed by atoms with E-state index in [1.807, 2.05) is 16.5 Å². The number of fused-ring (bicyclic) bond motifs is 1. The molecular weight excluding hydrogens is 447 g/mol. The fraction of sp³-hybridized carbons (Fsp3) is 0.308. The van der Waals surface area contributed by atoms with Gasteiger partial charge in [0.25, 0.3) is 5.88 Å². The van der Waals surface area contributed by atoms with Gasteiger partial charge in [0.1, 0.15) is 0 Å². The van der Waals surface area contributed by atoms with Crippen LogP contribution in [0, 0.1) is 18.3 Å². The normalized spacial score (nSPS) is 16.2. The van der Waals surface area contributed by atoms with E-state index in [0.717, 1.165) is 31.5 Å². The molecule has 4 aromatic rings. The average molecular weight is 473 g/mol. The summed E-state index contributed by atoms with van der Waals surface area (Å²) < 4.78 is 27.7. The van der Waals surface area contributed by atoms with Crippen molar-refractivity contribution in [1.82, 2.24) is 24.3 Å². The minimum Gasteiger partial charge on any atom is -0.479 e. The molecule has 0 N–H and O–H groups in total. The lowest BCUT2D eigenvalue weighted by Crippen LogP contribution is -2.34. The molecule has 0 unspecified atom stereocenters. The molecule has 35 heavy (non-hydrogen) atoms. The number of benzene rings is 1. The maximum atomic E-state index is 14.6. The van der Waals surface area contributed by atoms with Crippen molar-refractivity contribution in [3.8, 4) is 34.3 Å². The zero-order valence-electron chi connectivity index (χ0n) is 19.6. The van der Waals surface area contributed by atoms with Crippen molar-refractivity contribution in [2.45, 2.75) is 12.8 Å². The largest absolute Gasteiger partial charge is 0.479 e. The molecule has 0 radical (unpaired) electrons. The van der Waals surface area contributed by atoms with E-state index in [1.165, 1.54) is 13.2 Å². The zero-order valence-corrected chi connectivity index (χ0v) is 19.6. The monoisotopic (exact) mass is 472 g/mol. The molecule has 1 atom stereocenters. The van der Waals surface area contributed by atoms with Gasteiger partial charge in [0.05, 0.1) is 31.7 Å². The first-order valence-corrected chi connectivity index (χ1v) is 11.4. The van der Waals surface area contributed by atoms with Crippen molar-refractivity contribution in [3.05, 3.63) is 66.2 Å². The number of ether oxygens (including phenoxy) is 2. The molecule has 3 aromatic heterocycles. The van der Waals surface area contributed by atoms with Gasteiger partial charge < -0.3 is 14.4 Å². The molecule has 1 saturated heterocycles. The Labute approximate surface area is 202 Å². The van der Waals surface area contributed by atoms with Crippen molar-refractivity contribution in [2.24, 2.45) is 5.92 Å². The first-order chi connectivity index (χ1) is 17.1. The molecule has 0 bridgehead atoms. The number of methoxy groups -OCH3 is 1. The topological polar surface area (TPSA) is 69.1 Å². The molecule has 4 heterocycles. The van der Waals surface area contributed by atoms with Gasteiger partial charge >= 0.3 is 0 Å². The Morgan fingerprint density at radius 3 is 2.71 bits per heavy atom. The number of pyridine rings is 1. The maximum absolute atomic E-state index is 14.6. The summed E-state index contributed by atoms with van der Waals surface area (Å²) in [6, 6.07) is 8.50. The average Bonchev–Trinajstić information content (AvgIpc) is 3.37. The van der Waals surface area contributed by atoms with Gasteiger partial charge in [0, 0.05) is 36.6 Å². The summed E-state index contributed by atoms with van der Waals surface area (Å²) in [5, 5.41) is 0. The van der Waals surface area contributed by atoms with Gasteiger partial charge in [-0.05, 0) is 38.1 Å². The quantitative estimate of drug-likeness (QED) is 0.373. The summed E-state index contributed by atoms with van der Waals surface area (Å²) in [5.74, 6) is 0.169. The van der Waals surface area contributed by atoms with E-state index >= 15 is 0 Å². The number of hydrogen-bond donors (Lipinski definition) is 0. The van der Waals surface area contributed by atoms with E-state index in [0.29, 0.717) is 46.7 Å². The molecule has 1 fully saturated rings. The highest BCUT2D eigenvalue weighted by Crippen LogP contribution is 2.36. The fourth-order valence-electron chi connectivity index (χ4n) is 4.54. The van der Waals surface area contributed by atoms with Crippen molar-refractivity contribution >= 4 is 11.3 Å². The summed E-state index contributed by atoms with van der Waals surface area (Å²) in [5.41, 5.74) is 3.54. The molecule has 5 rings (SSSR count). The highest BCUT2D eigenvalue weighted by atomic mass is 19.1. The second-order valence-corrected chi connectivity index (χ2v) is 8.69. The fourth-order valence-corrected chi connectivity index (χ4v) is 4.54. The third-order valence-corrected chi connectivity index (χ3v) is 6.23. The Balaban J connectivity index is 1.63. The van der Waals surface area contributed by atoms with Gasteiger partial charge in [-0.25, -0.2) is 24.2 Å². The van der Waals surface area contributed by atoms with Crippen LogP contribution < -0.4 is 9.47 Å². The van der Waals surface area contributed by atoms with Crippen LogP contribution in [0.1, 0.15) is 12.8 Å². The van der Waals surface area contributed by atoms with Crippen molar-refractivity contribution in [2.75, 3.05) is 33.9 Å². The number of halogens is 1. The van der Waals surface area contributed by atoms with Crippen LogP contribution >= 0.6 is 0 Å². The molecule has 9 heteroatoms. The maximum Gasteiger partial charge on any atom is 0.259 e. The molecule has 0 spiro atoms. The third-order valence-electron chi connectivity index (χ3n) is 6.23. The minimum atomic E-state index is -0.575. The molecule has 1 aliphatic heterocycles. The Morgan fingerprint density at radius 2 is 2.00 bits per heavy atom. The lowest BCUT2D eigenvalue weighted by Gasteiger charge is -2.29. The predicted octanol–water partition coefficient (Wildman–Crippen LogP) is 4.88. The van der Waals surface area contributed by atoms with Crippen LogP contribution in [0.3, 0.4) is 0 Å². The number of rotatable bonds is 6. The van der Waals surface area contributed by atoms with Crippen LogP contribution in [-0.4, -0.2) is 58.1 Å². The number of likely N-dealkylation sites (tertiary alicyclic amines) is 1. The van der Waals surface area contributed by atoms with E-state index in [9.17, 15) is 4.39 Å². The van der Waals surface area contributed by atoms with Crippen LogP contribution in [0.2, 0.25) is 0 Å². The summed E-state index contributed by atoms with van der Waals surface area (Å²) in [6.07, 6.45) is 7.26. The standard InChI is InChI=1S/C26H25FN6O2/c1-28-20-8-6-18(7-9-20)22-23(19-13-21(27)25(34-3)30-14-19)33-12-10-29-24(33)26(31-22)35-16-17-5-4-11-32(2)15-17/h6-10,12-14,17H,4-5,11,15-16H2,2-3H3/t17-/m1/s1. The summed E-state index contributed by atoms with van der Waals surface area (Å²) >= 11 is 0. The molecule has 8 nitrogen and oxygen atoms in total. The molecule has 1 aliphatic rings. The molecule has 1 aromatic carbocycles. The lowest BCUT2D eigenvalue weighted by molar-refractivity contribution is 0.148. The van der Waals surface area contributed by atoms with E-state index < -0.39 is 5.82 Å². The highest BCUT2D eigenvalue weighted by molar-refractivity contribution is 5.82. The first kappa shape index (κ1) is 22.7. The highest BCUT2D eigenvalue weighted by Gasteiger charge is 2.23. The second kappa shape index (κ2) is 9.68. The number of imidazole rings is 1. The molecular formula is C26H25FN6O2. The Kier molecular flexibility index (Phi) is 6.29. The number of hydrogen-bond acceptors (Lipinski definition) is 6. The van der Waals surface area contributed by atoms with Gasteiger partial charge in [-0.3, -0.25) is 4.40 Å². The van der Waals surface area contributed by atoms with Crippen LogP contribution in [0.4, 0.5) is 10.1 Å². The van der Waals surface area contributed by atoms with Crippen molar-refractivity contribution in [1.29, 1.82) is 0 Å². The molecule has 178 valence electrons. The van der Waals surface area contributed by atoms with E-state index in [2.05, 4.69) is 26.8 Å². The van der Waals surface area contributed by atoms with Crippen LogP contribution in [0.25, 0.3) is 33.0 Å². The number of piperidine rings is 1. The van der Waals surface area contributed by atoms with Gasteiger partial charge in [-0.15, -0.1) is 0 Å². The van der Waals surface area contributed by atoms with E-state index in [-0.39, 0.29) is 5.88 Å². The van der Waals surface area contributed by atoms with Crippen LogP contribution in [-0.2, 0) is 0 Å². The van der Waals surface area contributed by atoms with Gasteiger partial charge in [-0.2, -0.15) is 0 Å². The summed E-state index contributed by atoms with van der Waals surface area (Å²) in [6.45, 7) is 9.87. The number of aromatic nitrogens is 4. The van der Waals surface area contributed by atoms with Crippen LogP contribution in [0.5, 0.6) is 11.8 Å². The van der Waals surface area contributed by atoms with Crippen molar-refractivity contribution in [3.63, 3.8) is 0 Å². The second-order valence-electron chi connectivity index (χ2n) is 8.69. The summed E-state index contributed by atoms with van der Waals surface area (Å²) in [7, 11) is 3.50. The minimum absolute atomic E-state index is 0.0797. The predicted molar refractivity (Wildman–Crippen MR) is 130 cm³/mol. The van der Waals surface area contributed by atoms with E-state index in [4.69, 9.17) is 21.0 Å². The molecule has 0 saturated carbocycles. The van der Waals surface area contributed by atoms with Crippen molar-refractivity contribution < 1.29 is 13.9 Å². The molecule has 0 amide bonds. The van der Waals surface area contributed by atoms with Gasteiger partial charge in [-0.1, -0.05) is 24.3 Å². The lowest BCUT2D eigenvalue weighted by atomic mass is 10.00. The van der Waals surface area contributed by atoms with E-state index in [1.54, 1.807) is 30.7 Å². The smallest absolute Gasteiger partial charge is 0.259 e. The number of nitrogens with zero attached hydrogens (tertiary/aromatic N) is 6. The zero-order chi connectivity index (χ0) is 24.4. The summed E-state index contributed by atoms with van der Waals surface area (Å²) in [4.78, 5) is 19.3. The Bertz CT molecular complexity index is 1400. The Morgan fingerprint density at radius 1 is 1.17 bits per heavy atom. The van der Waals surface area contributed by atoms with Gasteiger partial charge in [0.2, 0.25) is 11.5 Å². The van der Waals surface area contributed by atoms with Gasteiger partial charge in [0.15, 0.2) is 11.5 Å². The SMILES string of the molecule is [C-]#[N+]c1ccc(-c2nc(OC[C@@H]3CCCN(C)C3)c3nccn3c2-c2cnc(OC)c(F)c2)cc1. The third kappa shape index (κ3) is 4.53.